The molecule has 0 aliphatic carbocycles. The zero-order valence-electron chi connectivity index (χ0n) is 10.6. The molecule has 3 rings (SSSR count). The molecule has 0 aliphatic heterocycles. The lowest BCUT2D eigenvalue weighted by Gasteiger charge is -2.06. The summed E-state index contributed by atoms with van der Waals surface area (Å²) < 4.78 is 40.3. The van der Waals surface area contributed by atoms with Gasteiger partial charge in [0.05, 0.1) is 5.56 Å². The van der Waals surface area contributed by atoms with Crippen molar-refractivity contribution in [2.45, 2.75) is 0 Å². The Morgan fingerprint density at radius 2 is 1.76 bits per heavy atom. The minimum Gasteiger partial charge on any atom is -0.360 e. The smallest absolute Gasteiger partial charge is 0.257 e. The summed E-state index contributed by atoms with van der Waals surface area (Å²) in [6.45, 7) is 0. The molecule has 1 amide bonds. The van der Waals surface area contributed by atoms with E-state index in [1.165, 1.54) is 30.5 Å². The van der Waals surface area contributed by atoms with Gasteiger partial charge in [0.15, 0.2) is 0 Å². The molecule has 0 bridgehead atoms. The molecule has 0 saturated carbocycles. The number of carbonyl (C=O) groups excluding carboxylic acids is 1. The van der Waals surface area contributed by atoms with Gasteiger partial charge in [-0.05, 0) is 30.3 Å². The van der Waals surface area contributed by atoms with Crippen LogP contribution in [0.25, 0.3) is 10.9 Å². The molecule has 0 saturated heterocycles. The third kappa shape index (κ3) is 2.35. The fourth-order valence-corrected chi connectivity index (χ4v) is 2.08. The van der Waals surface area contributed by atoms with E-state index in [0.29, 0.717) is 10.9 Å². The first kappa shape index (κ1) is 13.2. The SMILES string of the molecule is O=C(Nc1c(F)cccc1F)c1c[nH]c2ccc(F)cc12. The van der Waals surface area contributed by atoms with Crippen molar-refractivity contribution in [3.05, 3.63) is 65.6 Å². The molecular formula is C15H9F3N2O. The number of hydrogen-bond donors (Lipinski definition) is 2. The predicted molar refractivity (Wildman–Crippen MR) is 72.6 cm³/mol. The van der Waals surface area contributed by atoms with Gasteiger partial charge >= 0.3 is 0 Å². The highest BCUT2D eigenvalue weighted by Crippen LogP contribution is 2.23. The van der Waals surface area contributed by atoms with Gasteiger partial charge in [0.25, 0.3) is 5.91 Å². The number of halogens is 3. The summed E-state index contributed by atoms with van der Waals surface area (Å²) >= 11 is 0. The fraction of sp³-hybridized carbons (Fsp3) is 0. The average molecular weight is 290 g/mol. The van der Waals surface area contributed by atoms with Crippen LogP contribution >= 0.6 is 0 Å². The summed E-state index contributed by atoms with van der Waals surface area (Å²) in [6, 6.07) is 7.17. The second-order valence-corrected chi connectivity index (χ2v) is 4.44. The lowest BCUT2D eigenvalue weighted by atomic mass is 10.1. The van der Waals surface area contributed by atoms with Gasteiger partial charge in [-0.15, -0.1) is 0 Å². The van der Waals surface area contributed by atoms with E-state index in [0.717, 1.165) is 12.1 Å². The Bertz CT molecular complexity index is 822. The molecule has 0 atom stereocenters. The monoisotopic (exact) mass is 290 g/mol. The Labute approximate surface area is 117 Å². The van der Waals surface area contributed by atoms with E-state index < -0.39 is 29.0 Å². The highest BCUT2D eigenvalue weighted by Gasteiger charge is 2.16. The van der Waals surface area contributed by atoms with Gasteiger partial charge < -0.3 is 10.3 Å². The van der Waals surface area contributed by atoms with Gasteiger partial charge in [0.1, 0.15) is 23.1 Å². The van der Waals surface area contributed by atoms with Gasteiger partial charge in [-0.1, -0.05) is 6.07 Å². The van der Waals surface area contributed by atoms with Gasteiger partial charge in [0.2, 0.25) is 0 Å². The Kier molecular flexibility index (Phi) is 3.13. The normalized spacial score (nSPS) is 10.8. The molecule has 3 aromatic rings. The van der Waals surface area contributed by atoms with Crippen molar-refractivity contribution in [3.63, 3.8) is 0 Å². The Hall–Kier alpha value is -2.76. The molecule has 0 fully saturated rings. The number of para-hydroxylation sites is 1. The van der Waals surface area contributed by atoms with E-state index in [2.05, 4.69) is 10.3 Å². The number of anilines is 1. The van der Waals surface area contributed by atoms with Crippen LogP contribution in [0.15, 0.2) is 42.6 Å². The predicted octanol–water partition coefficient (Wildman–Crippen LogP) is 3.84. The van der Waals surface area contributed by atoms with Gasteiger partial charge in [-0.3, -0.25) is 4.79 Å². The molecule has 0 unspecified atom stereocenters. The summed E-state index contributed by atoms with van der Waals surface area (Å²) in [5.41, 5.74) is 0.121. The number of carbonyl (C=O) groups is 1. The molecular weight excluding hydrogens is 281 g/mol. The number of hydrogen-bond acceptors (Lipinski definition) is 1. The van der Waals surface area contributed by atoms with E-state index in [4.69, 9.17) is 0 Å². The first-order valence-electron chi connectivity index (χ1n) is 6.08. The van der Waals surface area contributed by atoms with Crippen LogP contribution in [0.2, 0.25) is 0 Å². The second-order valence-electron chi connectivity index (χ2n) is 4.44. The maximum atomic E-state index is 13.5. The van der Waals surface area contributed by atoms with Crippen LogP contribution in [-0.2, 0) is 0 Å². The molecule has 0 radical (unpaired) electrons. The zero-order valence-corrected chi connectivity index (χ0v) is 10.6. The van der Waals surface area contributed by atoms with Crippen LogP contribution in [0.1, 0.15) is 10.4 Å². The number of aromatic nitrogens is 1. The third-order valence-electron chi connectivity index (χ3n) is 3.09. The Morgan fingerprint density at radius 1 is 1.05 bits per heavy atom. The number of H-pyrrole nitrogens is 1. The number of aromatic amines is 1. The fourth-order valence-electron chi connectivity index (χ4n) is 2.08. The number of amides is 1. The summed E-state index contributed by atoms with van der Waals surface area (Å²) in [5, 5.41) is 2.50. The lowest BCUT2D eigenvalue weighted by molar-refractivity contribution is 0.102. The molecule has 0 aliphatic rings. The third-order valence-corrected chi connectivity index (χ3v) is 3.09. The summed E-state index contributed by atoms with van der Waals surface area (Å²) in [7, 11) is 0. The van der Waals surface area contributed by atoms with Crippen molar-refractivity contribution < 1.29 is 18.0 Å². The molecule has 1 heterocycles. The zero-order chi connectivity index (χ0) is 15.0. The first-order chi connectivity index (χ1) is 10.1. The number of benzene rings is 2. The second kappa shape index (κ2) is 4.97. The number of fused-ring (bicyclic) bond motifs is 1. The maximum Gasteiger partial charge on any atom is 0.257 e. The van der Waals surface area contributed by atoms with Crippen LogP contribution in [0.4, 0.5) is 18.9 Å². The van der Waals surface area contributed by atoms with Crippen molar-refractivity contribution in [1.29, 1.82) is 0 Å². The van der Waals surface area contributed by atoms with Crippen LogP contribution in [-0.4, -0.2) is 10.9 Å². The van der Waals surface area contributed by atoms with Crippen molar-refractivity contribution in [2.75, 3.05) is 5.32 Å². The van der Waals surface area contributed by atoms with Crippen molar-refractivity contribution in [2.24, 2.45) is 0 Å². The van der Waals surface area contributed by atoms with E-state index in [1.54, 1.807) is 0 Å². The number of rotatable bonds is 2. The van der Waals surface area contributed by atoms with Crippen LogP contribution in [0.5, 0.6) is 0 Å². The molecule has 6 heteroatoms. The van der Waals surface area contributed by atoms with Crippen LogP contribution in [0.3, 0.4) is 0 Å². The molecule has 21 heavy (non-hydrogen) atoms. The molecule has 1 aromatic heterocycles. The summed E-state index contributed by atoms with van der Waals surface area (Å²) in [6.07, 6.45) is 1.36. The standard InChI is InChI=1S/C15H9F3N2O/c16-8-4-5-13-9(6-8)10(7-19-13)15(21)20-14-11(17)2-1-3-12(14)18/h1-7,19H,(H,20,21). The van der Waals surface area contributed by atoms with Gasteiger partial charge in [0, 0.05) is 17.1 Å². The maximum absolute atomic E-state index is 13.5. The van der Waals surface area contributed by atoms with Crippen LogP contribution in [0, 0.1) is 17.5 Å². The van der Waals surface area contributed by atoms with E-state index in [9.17, 15) is 18.0 Å². The Balaban J connectivity index is 2.00. The molecule has 3 nitrogen and oxygen atoms in total. The molecule has 2 aromatic carbocycles. The number of nitrogens with one attached hydrogen (secondary N) is 2. The van der Waals surface area contributed by atoms with Crippen molar-refractivity contribution in [3.8, 4) is 0 Å². The van der Waals surface area contributed by atoms with Crippen molar-refractivity contribution >= 4 is 22.5 Å². The van der Waals surface area contributed by atoms with E-state index in [-0.39, 0.29) is 5.56 Å². The van der Waals surface area contributed by atoms with Gasteiger partial charge in [-0.25, -0.2) is 13.2 Å². The molecule has 106 valence electrons. The Morgan fingerprint density at radius 3 is 2.48 bits per heavy atom. The van der Waals surface area contributed by atoms with E-state index in [1.807, 2.05) is 0 Å². The average Bonchev–Trinajstić information content (AvgIpc) is 2.86. The summed E-state index contributed by atoms with van der Waals surface area (Å²) in [4.78, 5) is 14.9. The van der Waals surface area contributed by atoms with Crippen molar-refractivity contribution in [1.82, 2.24) is 4.98 Å². The first-order valence-corrected chi connectivity index (χ1v) is 6.08. The largest absolute Gasteiger partial charge is 0.360 e. The minimum atomic E-state index is -0.880. The summed E-state index contributed by atoms with van der Waals surface area (Å²) in [5.74, 6) is -2.99. The lowest BCUT2D eigenvalue weighted by Crippen LogP contribution is -2.13. The quantitative estimate of drug-likeness (QED) is 0.740. The van der Waals surface area contributed by atoms with Gasteiger partial charge in [-0.2, -0.15) is 0 Å². The highest BCUT2D eigenvalue weighted by molar-refractivity contribution is 6.12. The molecule has 2 N–H and O–H groups in total. The van der Waals surface area contributed by atoms with Crippen LogP contribution < -0.4 is 5.32 Å². The molecule has 0 spiro atoms. The highest BCUT2D eigenvalue weighted by atomic mass is 19.1. The topological polar surface area (TPSA) is 44.9 Å². The minimum absolute atomic E-state index is 0.104. The van der Waals surface area contributed by atoms with E-state index >= 15 is 0 Å².